The van der Waals surface area contributed by atoms with Crippen LogP contribution in [0, 0.1) is 5.92 Å². The van der Waals surface area contributed by atoms with Crippen LogP contribution >= 0.6 is 0 Å². The first-order chi connectivity index (χ1) is 7.40. The van der Waals surface area contributed by atoms with Gasteiger partial charge in [-0.25, -0.2) is 0 Å². The molecule has 1 nitrogen and oxygen atoms in total. The Labute approximate surface area is 95.0 Å². The lowest BCUT2D eigenvalue weighted by atomic mass is 9.98. The van der Waals surface area contributed by atoms with E-state index in [1.807, 2.05) is 0 Å². The van der Waals surface area contributed by atoms with Gasteiger partial charge in [0.05, 0.1) is 0 Å². The van der Waals surface area contributed by atoms with Crippen LogP contribution in [-0.2, 0) is 0 Å². The smallest absolute Gasteiger partial charge is 0.00978 e. The Morgan fingerprint density at radius 2 is 1.60 bits per heavy atom. The van der Waals surface area contributed by atoms with Crippen LogP contribution in [0.1, 0.15) is 71.1 Å². The molecule has 0 aromatic heterocycles. The maximum atomic E-state index is 3.96. The normalized spacial score (nSPS) is 34.2. The highest BCUT2D eigenvalue weighted by atomic mass is 15.0. The van der Waals surface area contributed by atoms with Gasteiger partial charge in [0.15, 0.2) is 0 Å². The highest BCUT2D eigenvalue weighted by molar-refractivity contribution is 4.85. The summed E-state index contributed by atoms with van der Waals surface area (Å²) in [6.45, 7) is 2.36. The fourth-order valence-electron chi connectivity index (χ4n) is 3.49. The van der Waals surface area contributed by atoms with Crippen molar-refractivity contribution in [2.75, 3.05) is 0 Å². The van der Waals surface area contributed by atoms with Gasteiger partial charge in [-0.2, -0.15) is 0 Å². The molecule has 0 aliphatic heterocycles. The van der Waals surface area contributed by atoms with Crippen molar-refractivity contribution in [2.24, 2.45) is 5.92 Å². The van der Waals surface area contributed by atoms with E-state index in [9.17, 15) is 0 Å². The van der Waals surface area contributed by atoms with Gasteiger partial charge in [-0.1, -0.05) is 45.4 Å². The zero-order valence-electron chi connectivity index (χ0n) is 10.3. The topological polar surface area (TPSA) is 12.0 Å². The fraction of sp³-hybridized carbons (Fsp3) is 1.00. The molecule has 2 rings (SSSR count). The molecule has 88 valence electrons. The molecule has 2 aliphatic rings. The zero-order chi connectivity index (χ0) is 10.5. The zero-order valence-corrected chi connectivity index (χ0v) is 10.3. The molecule has 0 radical (unpaired) electrons. The quantitative estimate of drug-likeness (QED) is 0.696. The summed E-state index contributed by atoms with van der Waals surface area (Å²) >= 11 is 0. The van der Waals surface area contributed by atoms with E-state index in [0.29, 0.717) is 0 Å². The largest absolute Gasteiger partial charge is 0.311 e. The van der Waals surface area contributed by atoms with Crippen molar-refractivity contribution in [1.29, 1.82) is 0 Å². The summed E-state index contributed by atoms with van der Waals surface area (Å²) in [5.41, 5.74) is 0. The first-order valence-electron chi connectivity index (χ1n) is 7.16. The molecule has 0 heterocycles. The molecule has 0 spiro atoms. The lowest BCUT2D eigenvalue weighted by Crippen LogP contribution is -2.40. The van der Waals surface area contributed by atoms with Crippen molar-refractivity contribution >= 4 is 0 Å². The van der Waals surface area contributed by atoms with Crippen LogP contribution in [-0.4, -0.2) is 12.1 Å². The van der Waals surface area contributed by atoms with Crippen molar-refractivity contribution in [3.63, 3.8) is 0 Å². The van der Waals surface area contributed by atoms with E-state index in [4.69, 9.17) is 0 Å². The van der Waals surface area contributed by atoms with E-state index in [-0.39, 0.29) is 0 Å². The third kappa shape index (κ3) is 3.21. The van der Waals surface area contributed by atoms with E-state index in [2.05, 4.69) is 12.2 Å². The molecule has 0 aromatic carbocycles. The van der Waals surface area contributed by atoms with Crippen LogP contribution < -0.4 is 5.32 Å². The second kappa shape index (κ2) is 5.89. The van der Waals surface area contributed by atoms with E-state index >= 15 is 0 Å². The first kappa shape index (κ1) is 11.4. The summed E-state index contributed by atoms with van der Waals surface area (Å²) in [6.07, 6.45) is 14.5. The molecular formula is C14H27N. The molecular weight excluding hydrogens is 182 g/mol. The second-order valence-corrected chi connectivity index (χ2v) is 5.56. The minimum absolute atomic E-state index is 0.852. The van der Waals surface area contributed by atoms with Gasteiger partial charge >= 0.3 is 0 Å². The van der Waals surface area contributed by atoms with Gasteiger partial charge < -0.3 is 5.32 Å². The summed E-state index contributed by atoms with van der Waals surface area (Å²) in [5, 5.41) is 3.96. The summed E-state index contributed by atoms with van der Waals surface area (Å²) in [5.74, 6) is 0.980. The van der Waals surface area contributed by atoms with Crippen LogP contribution in [0.2, 0.25) is 0 Å². The first-order valence-corrected chi connectivity index (χ1v) is 7.16. The number of rotatable bonds is 3. The lowest BCUT2D eigenvalue weighted by Gasteiger charge is -2.26. The van der Waals surface area contributed by atoms with Crippen molar-refractivity contribution in [2.45, 2.75) is 83.2 Å². The minimum Gasteiger partial charge on any atom is -0.311 e. The van der Waals surface area contributed by atoms with E-state index < -0.39 is 0 Å². The molecule has 1 N–H and O–H groups in total. The van der Waals surface area contributed by atoms with Gasteiger partial charge in [0.25, 0.3) is 0 Å². The summed E-state index contributed by atoms with van der Waals surface area (Å²) in [7, 11) is 0. The summed E-state index contributed by atoms with van der Waals surface area (Å²) < 4.78 is 0. The maximum absolute atomic E-state index is 3.96. The van der Waals surface area contributed by atoms with Gasteiger partial charge in [-0.15, -0.1) is 0 Å². The van der Waals surface area contributed by atoms with Crippen LogP contribution in [0.4, 0.5) is 0 Å². The highest BCUT2D eigenvalue weighted by Gasteiger charge is 2.27. The summed E-state index contributed by atoms with van der Waals surface area (Å²) in [4.78, 5) is 0. The van der Waals surface area contributed by atoms with Gasteiger partial charge in [-0.05, 0) is 31.6 Å². The molecule has 0 amide bonds. The molecule has 15 heavy (non-hydrogen) atoms. The van der Waals surface area contributed by atoms with Crippen LogP contribution in [0.3, 0.4) is 0 Å². The van der Waals surface area contributed by atoms with Crippen molar-refractivity contribution in [3.05, 3.63) is 0 Å². The molecule has 0 aromatic rings. The van der Waals surface area contributed by atoms with Gasteiger partial charge in [0, 0.05) is 12.1 Å². The SMILES string of the molecule is CCC1CCCC1NC1CCCCCC1. The van der Waals surface area contributed by atoms with Crippen molar-refractivity contribution in [1.82, 2.24) is 5.32 Å². The Morgan fingerprint density at radius 1 is 0.867 bits per heavy atom. The second-order valence-electron chi connectivity index (χ2n) is 5.56. The standard InChI is InChI=1S/C14H27N/c1-2-12-8-7-11-14(12)15-13-9-5-3-4-6-10-13/h12-15H,2-11H2,1H3. The van der Waals surface area contributed by atoms with Crippen molar-refractivity contribution in [3.8, 4) is 0 Å². The van der Waals surface area contributed by atoms with E-state index in [1.54, 1.807) is 0 Å². The third-order valence-corrected chi connectivity index (χ3v) is 4.49. The van der Waals surface area contributed by atoms with E-state index in [1.165, 1.54) is 64.2 Å². The molecule has 0 bridgehead atoms. The monoisotopic (exact) mass is 209 g/mol. The highest BCUT2D eigenvalue weighted by Crippen LogP contribution is 2.29. The Hall–Kier alpha value is -0.0400. The Kier molecular flexibility index (Phi) is 4.49. The molecule has 2 fully saturated rings. The summed E-state index contributed by atoms with van der Waals surface area (Å²) in [6, 6.07) is 1.71. The predicted molar refractivity (Wildman–Crippen MR) is 66.0 cm³/mol. The Morgan fingerprint density at radius 3 is 2.27 bits per heavy atom. The van der Waals surface area contributed by atoms with Gasteiger partial charge in [-0.3, -0.25) is 0 Å². The third-order valence-electron chi connectivity index (χ3n) is 4.49. The van der Waals surface area contributed by atoms with Gasteiger partial charge in [0.1, 0.15) is 0 Å². The predicted octanol–water partition coefficient (Wildman–Crippen LogP) is 3.88. The van der Waals surface area contributed by atoms with E-state index in [0.717, 1.165) is 18.0 Å². The number of hydrogen-bond donors (Lipinski definition) is 1. The molecule has 2 saturated carbocycles. The molecule has 2 atom stereocenters. The fourth-order valence-corrected chi connectivity index (χ4v) is 3.49. The average molecular weight is 209 g/mol. The van der Waals surface area contributed by atoms with Crippen LogP contribution in [0.15, 0.2) is 0 Å². The maximum Gasteiger partial charge on any atom is 0.00978 e. The van der Waals surface area contributed by atoms with Crippen LogP contribution in [0.25, 0.3) is 0 Å². The molecule has 2 unspecified atom stereocenters. The molecule has 0 saturated heterocycles. The number of hydrogen-bond acceptors (Lipinski definition) is 1. The Bertz CT molecular complexity index is 170. The van der Waals surface area contributed by atoms with Crippen molar-refractivity contribution < 1.29 is 0 Å². The Balaban J connectivity index is 1.78. The average Bonchev–Trinajstić information content (AvgIpc) is 2.53. The molecule has 2 aliphatic carbocycles. The van der Waals surface area contributed by atoms with Gasteiger partial charge in [0.2, 0.25) is 0 Å². The number of nitrogens with one attached hydrogen (secondary N) is 1. The van der Waals surface area contributed by atoms with Crippen LogP contribution in [0.5, 0.6) is 0 Å². The lowest BCUT2D eigenvalue weighted by molar-refractivity contribution is 0.329. The molecule has 1 heteroatoms. The minimum atomic E-state index is 0.852.